The van der Waals surface area contributed by atoms with Gasteiger partial charge in [-0.05, 0) is 51.3 Å². The van der Waals surface area contributed by atoms with Gasteiger partial charge in [-0.15, -0.1) is 0 Å². The second kappa shape index (κ2) is 7.68. The summed E-state index contributed by atoms with van der Waals surface area (Å²) in [6, 6.07) is 8.64. The summed E-state index contributed by atoms with van der Waals surface area (Å²) < 4.78 is 26.8. The maximum Gasteiger partial charge on any atom is 0.178 e. The first kappa shape index (κ1) is 19.4. The largest absolute Gasteiger partial charge is 0.382 e. The molecule has 2 heterocycles. The van der Waals surface area contributed by atoms with E-state index in [4.69, 9.17) is 5.73 Å². The molecule has 0 aliphatic carbocycles. The molecule has 0 saturated carbocycles. The van der Waals surface area contributed by atoms with Crippen LogP contribution in [-0.4, -0.2) is 28.7 Å². The summed E-state index contributed by atoms with van der Waals surface area (Å²) in [6.45, 7) is 6.74. The van der Waals surface area contributed by atoms with Crippen molar-refractivity contribution < 1.29 is 8.42 Å². The number of fused-ring (bicyclic) bond motifs is 1. The quantitative estimate of drug-likeness (QED) is 0.627. The Balaban J connectivity index is 1.64. The summed E-state index contributed by atoms with van der Waals surface area (Å²) in [6.07, 6.45) is 2.37. The molecule has 3 aromatic rings. The number of aryl methyl sites for hydroxylation is 4. The van der Waals surface area contributed by atoms with Gasteiger partial charge in [-0.2, -0.15) is 0 Å². The molecule has 2 N–H and O–H groups in total. The first-order chi connectivity index (χ1) is 12.8. The molecule has 144 valence electrons. The van der Waals surface area contributed by atoms with Crippen LogP contribution in [0.25, 0.3) is 11.0 Å². The molecular weight excluding hydrogens is 360 g/mol. The SMILES string of the molecule is Cc1nc(N)c2nc(C)n(CCCCCS(=O)(=O)c3ccccc3)c2c1C. The smallest absolute Gasteiger partial charge is 0.178 e. The molecule has 0 saturated heterocycles. The number of rotatable bonds is 7. The first-order valence-electron chi connectivity index (χ1n) is 9.18. The standard InChI is InChI=1S/C20H26N4O2S/c1-14-15(2)22-20(21)18-19(14)24(16(3)23-18)12-8-5-9-13-27(25,26)17-10-6-4-7-11-17/h4,6-7,10-11H,5,8-9,12-13H2,1-3H3,(H2,21,22). The van der Waals surface area contributed by atoms with Crippen molar-refractivity contribution in [1.82, 2.24) is 14.5 Å². The second-order valence-electron chi connectivity index (χ2n) is 6.91. The fourth-order valence-corrected chi connectivity index (χ4v) is 4.76. The van der Waals surface area contributed by atoms with Crippen molar-refractivity contribution in [3.8, 4) is 0 Å². The van der Waals surface area contributed by atoms with Crippen LogP contribution in [0.1, 0.15) is 36.3 Å². The van der Waals surface area contributed by atoms with Crippen LogP contribution in [0.3, 0.4) is 0 Å². The van der Waals surface area contributed by atoms with E-state index in [-0.39, 0.29) is 5.75 Å². The van der Waals surface area contributed by atoms with Gasteiger partial charge in [0.2, 0.25) is 0 Å². The number of benzene rings is 1. The van der Waals surface area contributed by atoms with E-state index in [0.717, 1.165) is 47.5 Å². The molecule has 0 radical (unpaired) electrons. The highest BCUT2D eigenvalue weighted by Crippen LogP contribution is 2.26. The molecule has 0 fully saturated rings. The van der Waals surface area contributed by atoms with E-state index in [2.05, 4.69) is 14.5 Å². The number of hydrogen-bond acceptors (Lipinski definition) is 5. The lowest BCUT2D eigenvalue weighted by molar-refractivity contribution is 0.577. The number of hydrogen-bond donors (Lipinski definition) is 1. The molecule has 0 bridgehead atoms. The summed E-state index contributed by atoms with van der Waals surface area (Å²) in [5, 5.41) is 0. The maximum atomic E-state index is 12.3. The third-order valence-corrected chi connectivity index (χ3v) is 6.80. The lowest BCUT2D eigenvalue weighted by atomic mass is 10.2. The number of sulfone groups is 1. The minimum Gasteiger partial charge on any atom is -0.382 e. The molecule has 1 aromatic carbocycles. The number of unbranched alkanes of at least 4 members (excludes halogenated alkanes) is 2. The van der Waals surface area contributed by atoms with Gasteiger partial charge >= 0.3 is 0 Å². The van der Waals surface area contributed by atoms with Crippen LogP contribution in [0, 0.1) is 20.8 Å². The van der Waals surface area contributed by atoms with Gasteiger partial charge in [0.15, 0.2) is 15.7 Å². The summed E-state index contributed by atoms with van der Waals surface area (Å²) in [4.78, 5) is 9.33. The Morgan fingerprint density at radius 2 is 1.70 bits per heavy atom. The molecule has 0 aliphatic heterocycles. The van der Waals surface area contributed by atoms with Crippen molar-refractivity contribution >= 4 is 26.7 Å². The number of pyridine rings is 1. The zero-order valence-corrected chi connectivity index (χ0v) is 16.9. The van der Waals surface area contributed by atoms with Crippen molar-refractivity contribution in [3.63, 3.8) is 0 Å². The number of anilines is 1. The average Bonchev–Trinajstić information content (AvgIpc) is 2.97. The number of imidazole rings is 1. The Bertz CT molecular complexity index is 1060. The van der Waals surface area contributed by atoms with E-state index < -0.39 is 9.84 Å². The topological polar surface area (TPSA) is 90.9 Å². The van der Waals surface area contributed by atoms with Crippen molar-refractivity contribution in [2.24, 2.45) is 0 Å². The fraction of sp³-hybridized carbons (Fsp3) is 0.400. The Morgan fingerprint density at radius 1 is 1.00 bits per heavy atom. The van der Waals surface area contributed by atoms with E-state index in [1.165, 1.54) is 0 Å². The predicted molar refractivity (Wildman–Crippen MR) is 108 cm³/mol. The Morgan fingerprint density at radius 3 is 2.41 bits per heavy atom. The number of nitrogens with two attached hydrogens (primary N) is 1. The lowest BCUT2D eigenvalue weighted by Crippen LogP contribution is -2.08. The van der Waals surface area contributed by atoms with Crippen molar-refractivity contribution in [1.29, 1.82) is 0 Å². The van der Waals surface area contributed by atoms with E-state index in [9.17, 15) is 8.42 Å². The maximum absolute atomic E-state index is 12.3. The average molecular weight is 387 g/mol. The highest BCUT2D eigenvalue weighted by atomic mass is 32.2. The zero-order chi connectivity index (χ0) is 19.6. The van der Waals surface area contributed by atoms with Crippen LogP contribution in [0.4, 0.5) is 5.82 Å². The van der Waals surface area contributed by atoms with Gasteiger partial charge in [-0.1, -0.05) is 24.6 Å². The van der Waals surface area contributed by atoms with Crippen LogP contribution in [0.5, 0.6) is 0 Å². The molecule has 0 unspecified atom stereocenters. The molecule has 6 nitrogen and oxygen atoms in total. The first-order valence-corrected chi connectivity index (χ1v) is 10.8. The van der Waals surface area contributed by atoms with Crippen LogP contribution < -0.4 is 5.73 Å². The van der Waals surface area contributed by atoms with Gasteiger partial charge in [-0.3, -0.25) is 0 Å². The van der Waals surface area contributed by atoms with Gasteiger partial charge in [0.1, 0.15) is 11.3 Å². The molecule has 7 heteroatoms. The minimum atomic E-state index is -3.20. The number of aromatic nitrogens is 3. The Hall–Kier alpha value is -2.41. The van der Waals surface area contributed by atoms with Crippen molar-refractivity contribution in [2.45, 2.75) is 51.5 Å². The van der Waals surface area contributed by atoms with E-state index in [1.54, 1.807) is 24.3 Å². The van der Waals surface area contributed by atoms with Crippen molar-refractivity contribution in [2.75, 3.05) is 11.5 Å². The van der Waals surface area contributed by atoms with Gasteiger partial charge in [0, 0.05) is 12.2 Å². The summed E-state index contributed by atoms with van der Waals surface area (Å²) in [5.74, 6) is 1.54. The normalized spacial score (nSPS) is 12.0. The van der Waals surface area contributed by atoms with Crippen LogP contribution in [-0.2, 0) is 16.4 Å². The summed E-state index contributed by atoms with van der Waals surface area (Å²) in [7, 11) is -3.20. The molecular formula is C20H26N4O2S. The number of nitrogen functional groups attached to an aromatic ring is 1. The fourth-order valence-electron chi connectivity index (χ4n) is 3.37. The van der Waals surface area contributed by atoms with Gasteiger partial charge in [0.25, 0.3) is 0 Å². The third-order valence-electron chi connectivity index (χ3n) is 4.98. The van der Waals surface area contributed by atoms with Gasteiger partial charge in [0.05, 0.1) is 16.2 Å². The Kier molecular flexibility index (Phi) is 5.51. The molecule has 3 rings (SSSR count). The second-order valence-corrected chi connectivity index (χ2v) is 9.02. The minimum absolute atomic E-state index is 0.176. The van der Waals surface area contributed by atoms with Gasteiger partial charge in [-0.25, -0.2) is 18.4 Å². The van der Waals surface area contributed by atoms with Crippen LogP contribution in [0.15, 0.2) is 35.2 Å². The monoisotopic (exact) mass is 386 g/mol. The third kappa shape index (κ3) is 3.98. The highest BCUT2D eigenvalue weighted by molar-refractivity contribution is 7.91. The van der Waals surface area contributed by atoms with E-state index in [0.29, 0.717) is 17.1 Å². The highest BCUT2D eigenvalue weighted by Gasteiger charge is 2.16. The van der Waals surface area contributed by atoms with E-state index >= 15 is 0 Å². The summed E-state index contributed by atoms with van der Waals surface area (Å²) in [5.41, 5.74) is 9.82. The number of nitrogens with zero attached hydrogens (tertiary/aromatic N) is 3. The van der Waals surface area contributed by atoms with Gasteiger partial charge < -0.3 is 10.3 Å². The molecule has 0 aliphatic rings. The molecule has 2 aromatic heterocycles. The van der Waals surface area contributed by atoms with Crippen LogP contribution >= 0.6 is 0 Å². The zero-order valence-electron chi connectivity index (χ0n) is 16.1. The lowest BCUT2D eigenvalue weighted by Gasteiger charge is -2.10. The Labute approximate surface area is 160 Å². The summed E-state index contributed by atoms with van der Waals surface area (Å²) >= 11 is 0. The van der Waals surface area contributed by atoms with E-state index in [1.807, 2.05) is 26.8 Å². The predicted octanol–water partition coefficient (Wildman–Crippen LogP) is 3.58. The molecule has 0 amide bonds. The molecule has 27 heavy (non-hydrogen) atoms. The molecule has 0 atom stereocenters. The molecule has 0 spiro atoms. The van der Waals surface area contributed by atoms with Crippen LogP contribution in [0.2, 0.25) is 0 Å². The van der Waals surface area contributed by atoms with Crippen molar-refractivity contribution in [3.05, 3.63) is 47.4 Å².